The maximum absolute atomic E-state index is 4.81. The van der Waals surface area contributed by atoms with Crippen molar-refractivity contribution in [3.05, 3.63) is 0 Å². The number of halogens is 1. The number of rotatable bonds is 4. The standard InChI is InChI=1S/C14H30N4S.HI/c1-7-15-12(17-13(2,3)4)16-10-14(18(5)6)8-9-19-11-14;/h7-11H2,1-6H3,(H2,15,16,17);1H. The molecule has 6 heteroatoms. The molecule has 120 valence electrons. The highest BCUT2D eigenvalue weighted by Crippen LogP contribution is 2.32. The van der Waals surface area contributed by atoms with E-state index in [1.165, 1.54) is 17.9 Å². The fourth-order valence-corrected chi connectivity index (χ4v) is 3.65. The highest BCUT2D eigenvalue weighted by atomic mass is 127. The molecule has 4 nitrogen and oxygen atoms in total. The molecule has 1 unspecified atom stereocenters. The number of nitrogens with one attached hydrogen (secondary N) is 2. The van der Waals surface area contributed by atoms with E-state index in [-0.39, 0.29) is 35.1 Å². The van der Waals surface area contributed by atoms with E-state index >= 15 is 0 Å². The molecule has 1 fully saturated rings. The number of hydrogen-bond acceptors (Lipinski definition) is 3. The summed E-state index contributed by atoms with van der Waals surface area (Å²) in [6.07, 6.45) is 1.23. The molecule has 0 aromatic rings. The first-order chi connectivity index (χ1) is 8.79. The third-order valence-corrected chi connectivity index (χ3v) is 4.63. The summed E-state index contributed by atoms with van der Waals surface area (Å²) in [6.45, 7) is 10.3. The third-order valence-electron chi connectivity index (χ3n) is 3.40. The van der Waals surface area contributed by atoms with Gasteiger partial charge in [-0.3, -0.25) is 4.99 Å². The number of likely N-dealkylation sites (N-methyl/N-ethyl adjacent to an activating group) is 1. The summed E-state index contributed by atoms with van der Waals surface area (Å²) in [7, 11) is 4.34. The Morgan fingerprint density at radius 3 is 2.40 bits per heavy atom. The molecule has 1 aliphatic rings. The zero-order valence-corrected chi connectivity index (χ0v) is 16.9. The minimum absolute atomic E-state index is 0. The lowest BCUT2D eigenvalue weighted by Gasteiger charge is -2.34. The average Bonchev–Trinajstić information content (AvgIpc) is 2.74. The second kappa shape index (κ2) is 8.68. The van der Waals surface area contributed by atoms with Crippen molar-refractivity contribution in [3.63, 3.8) is 0 Å². The van der Waals surface area contributed by atoms with Crippen molar-refractivity contribution >= 4 is 41.7 Å². The second-order valence-corrected chi connectivity index (χ2v) is 7.60. The minimum Gasteiger partial charge on any atom is -0.357 e. The van der Waals surface area contributed by atoms with E-state index in [4.69, 9.17) is 4.99 Å². The van der Waals surface area contributed by atoms with Gasteiger partial charge in [-0.1, -0.05) is 0 Å². The van der Waals surface area contributed by atoms with Crippen LogP contribution in [0.1, 0.15) is 34.1 Å². The van der Waals surface area contributed by atoms with Crippen LogP contribution in [0.4, 0.5) is 0 Å². The van der Waals surface area contributed by atoms with Gasteiger partial charge >= 0.3 is 0 Å². The van der Waals surface area contributed by atoms with Gasteiger partial charge in [-0.15, -0.1) is 24.0 Å². The fraction of sp³-hybridized carbons (Fsp3) is 0.929. The normalized spacial score (nSPS) is 23.6. The monoisotopic (exact) mass is 414 g/mol. The van der Waals surface area contributed by atoms with Gasteiger partial charge in [0.05, 0.1) is 6.54 Å². The van der Waals surface area contributed by atoms with Crippen LogP contribution >= 0.6 is 35.7 Å². The molecule has 0 aromatic heterocycles. The first-order valence-corrected chi connectivity index (χ1v) is 8.26. The van der Waals surface area contributed by atoms with Gasteiger partial charge in [0, 0.05) is 23.4 Å². The number of thioether (sulfide) groups is 1. The Bertz CT molecular complexity index is 307. The van der Waals surface area contributed by atoms with Crippen LogP contribution in [-0.2, 0) is 0 Å². The summed E-state index contributed by atoms with van der Waals surface area (Å²) >= 11 is 2.04. The van der Waals surface area contributed by atoms with Crippen LogP contribution < -0.4 is 10.6 Å². The highest BCUT2D eigenvalue weighted by molar-refractivity contribution is 14.0. The average molecular weight is 414 g/mol. The van der Waals surface area contributed by atoms with Gasteiger partial charge in [-0.2, -0.15) is 11.8 Å². The van der Waals surface area contributed by atoms with Crippen molar-refractivity contribution in [1.82, 2.24) is 15.5 Å². The lowest BCUT2D eigenvalue weighted by Crippen LogP contribution is -2.51. The molecule has 1 heterocycles. The molecule has 0 aromatic carbocycles. The van der Waals surface area contributed by atoms with Crippen LogP contribution in [0.2, 0.25) is 0 Å². The molecular weight excluding hydrogens is 383 g/mol. The van der Waals surface area contributed by atoms with Crippen LogP contribution in [0.3, 0.4) is 0 Å². The molecule has 0 saturated carbocycles. The van der Waals surface area contributed by atoms with Crippen molar-refractivity contribution < 1.29 is 0 Å². The van der Waals surface area contributed by atoms with Gasteiger partial charge in [0.25, 0.3) is 0 Å². The molecule has 20 heavy (non-hydrogen) atoms. The van der Waals surface area contributed by atoms with Gasteiger partial charge in [0.2, 0.25) is 0 Å². The second-order valence-electron chi connectivity index (χ2n) is 6.49. The first-order valence-electron chi connectivity index (χ1n) is 7.11. The van der Waals surface area contributed by atoms with Gasteiger partial charge in [-0.25, -0.2) is 0 Å². The predicted octanol–water partition coefficient (Wildman–Crippen LogP) is 2.40. The van der Waals surface area contributed by atoms with Crippen molar-refractivity contribution in [3.8, 4) is 0 Å². The number of hydrogen-bond donors (Lipinski definition) is 2. The fourth-order valence-electron chi connectivity index (χ4n) is 2.10. The molecule has 1 atom stereocenters. The number of aliphatic imine (C=N–C) groups is 1. The van der Waals surface area contributed by atoms with Crippen molar-refractivity contribution in [2.45, 2.75) is 45.2 Å². The van der Waals surface area contributed by atoms with E-state index in [1.807, 2.05) is 11.8 Å². The summed E-state index contributed by atoms with van der Waals surface area (Å²) < 4.78 is 0. The summed E-state index contributed by atoms with van der Waals surface area (Å²) in [5.74, 6) is 3.35. The Morgan fingerprint density at radius 2 is 2.00 bits per heavy atom. The largest absolute Gasteiger partial charge is 0.357 e. The van der Waals surface area contributed by atoms with Gasteiger partial charge in [0.1, 0.15) is 0 Å². The first kappa shape index (κ1) is 20.3. The van der Waals surface area contributed by atoms with E-state index < -0.39 is 0 Å². The summed E-state index contributed by atoms with van der Waals surface area (Å²) in [5, 5.41) is 6.78. The van der Waals surface area contributed by atoms with Gasteiger partial charge in [-0.05, 0) is 54.0 Å². The third kappa shape index (κ3) is 6.39. The van der Waals surface area contributed by atoms with Crippen molar-refractivity contribution in [1.29, 1.82) is 0 Å². The van der Waals surface area contributed by atoms with Crippen molar-refractivity contribution in [2.24, 2.45) is 4.99 Å². The molecule has 1 rings (SSSR count). The lowest BCUT2D eigenvalue weighted by atomic mass is 9.98. The molecule has 0 aliphatic carbocycles. The van der Waals surface area contributed by atoms with E-state index in [9.17, 15) is 0 Å². The molecular formula is C14H31IN4S. The number of guanidine groups is 1. The quantitative estimate of drug-likeness (QED) is 0.421. The van der Waals surface area contributed by atoms with E-state index in [0.717, 1.165) is 19.0 Å². The number of nitrogens with zero attached hydrogens (tertiary/aromatic N) is 2. The molecule has 0 bridgehead atoms. The van der Waals surface area contributed by atoms with Crippen LogP contribution in [0.25, 0.3) is 0 Å². The van der Waals surface area contributed by atoms with Crippen LogP contribution in [0.15, 0.2) is 4.99 Å². The summed E-state index contributed by atoms with van der Waals surface area (Å²) in [5.41, 5.74) is 0.265. The Hall–Kier alpha value is 0.310. The zero-order chi connectivity index (χ0) is 14.5. The van der Waals surface area contributed by atoms with Crippen LogP contribution in [0.5, 0.6) is 0 Å². The molecule has 1 aliphatic heterocycles. The van der Waals surface area contributed by atoms with E-state index in [2.05, 4.69) is 57.3 Å². The molecule has 2 N–H and O–H groups in total. The Balaban J connectivity index is 0.00000361. The Morgan fingerprint density at radius 1 is 1.35 bits per heavy atom. The minimum atomic E-state index is 0. The predicted molar refractivity (Wildman–Crippen MR) is 103 cm³/mol. The molecule has 0 radical (unpaired) electrons. The molecule has 0 spiro atoms. The van der Waals surface area contributed by atoms with Crippen molar-refractivity contribution in [2.75, 3.05) is 38.7 Å². The van der Waals surface area contributed by atoms with Gasteiger partial charge < -0.3 is 15.5 Å². The maximum atomic E-state index is 4.81. The Kier molecular flexibility index (Phi) is 8.81. The van der Waals surface area contributed by atoms with Crippen LogP contribution in [-0.4, -0.2) is 60.6 Å². The topological polar surface area (TPSA) is 39.7 Å². The SMILES string of the molecule is CCNC(=NCC1(N(C)C)CCSC1)NC(C)(C)C.I. The van der Waals surface area contributed by atoms with Gasteiger partial charge in [0.15, 0.2) is 5.96 Å². The highest BCUT2D eigenvalue weighted by Gasteiger charge is 2.36. The molecule has 0 amide bonds. The van der Waals surface area contributed by atoms with E-state index in [0.29, 0.717) is 0 Å². The zero-order valence-electron chi connectivity index (χ0n) is 13.7. The summed E-state index contributed by atoms with van der Waals surface area (Å²) in [6, 6.07) is 0. The molecule has 1 saturated heterocycles. The lowest BCUT2D eigenvalue weighted by molar-refractivity contribution is 0.190. The summed E-state index contributed by atoms with van der Waals surface area (Å²) in [4.78, 5) is 7.16. The van der Waals surface area contributed by atoms with Crippen LogP contribution in [0, 0.1) is 0 Å². The maximum Gasteiger partial charge on any atom is 0.191 e. The Labute approximate surface area is 145 Å². The smallest absolute Gasteiger partial charge is 0.191 e. The van der Waals surface area contributed by atoms with E-state index in [1.54, 1.807) is 0 Å².